The third-order valence-electron chi connectivity index (χ3n) is 13.1. The molecule has 54 heavy (non-hydrogen) atoms. The van der Waals surface area contributed by atoms with Crippen LogP contribution in [0.3, 0.4) is 0 Å². The molecule has 0 N–H and O–H groups in total. The lowest BCUT2D eigenvalue weighted by Crippen LogP contribution is -2.42. The summed E-state index contributed by atoms with van der Waals surface area (Å²) in [6.07, 6.45) is 12.6. The van der Waals surface area contributed by atoms with E-state index in [0.717, 1.165) is 64.2 Å². The van der Waals surface area contributed by atoms with Gasteiger partial charge in [-0.15, -0.1) is 0 Å². The molecule has 0 unspecified atom stereocenters. The van der Waals surface area contributed by atoms with Crippen LogP contribution in [0.4, 0.5) is 0 Å². The molecule has 0 aromatic heterocycles. The maximum atomic E-state index is 12.3. The van der Waals surface area contributed by atoms with Crippen molar-refractivity contribution in [2.24, 2.45) is 11.8 Å². The second kappa shape index (κ2) is 16.3. The van der Waals surface area contributed by atoms with Gasteiger partial charge >= 0.3 is 11.9 Å². The SMILES string of the molecule is COC(=O)c1ccc2c(c1)CCC[C@@H]1CC(=O)CC[C@]21Cc1ccccc1.COC(=O)c1ccc2c(c1)CCC[C@H]1CC(=O)CC[C@@]21Cc1ccccc1. The molecule has 0 amide bonds. The first-order valence-corrected chi connectivity index (χ1v) is 19.8. The van der Waals surface area contributed by atoms with Crippen molar-refractivity contribution >= 4 is 23.5 Å². The van der Waals surface area contributed by atoms with Crippen molar-refractivity contribution in [1.29, 1.82) is 0 Å². The van der Waals surface area contributed by atoms with Crippen LogP contribution in [-0.4, -0.2) is 37.7 Å². The Labute approximate surface area is 319 Å². The third-order valence-corrected chi connectivity index (χ3v) is 13.1. The molecule has 4 atom stereocenters. The second-order valence-corrected chi connectivity index (χ2v) is 16.0. The van der Waals surface area contributed by atoms with E-state index in [-0.39, 0.29) is 22.8 Å². The van der Waals surface area contributed by atoms with E-state index >= 15 is 0 Å². The zero-order chi connectivity index (χ0) is 37.7. The number of hydrogen-bond donors (Lipinski definition) is 0. The number of methoxy groups -OCH3 is 2. The highest BCUT2D eigenvalue weighted by Gasteiger charge is 2.47. The van der Waals surface area contributed by atoms with E-state index in [0.29, 0.717) is 60.2 Å². The molecule has 0 spiro atoms. The van der Waals surface area contributed by atoms with Crippen molar-refractivity contribution in [1.82, 2.24) is 0 Å². The largest absolute Gasteiger partial charge is 0.465 e. The van der Waals surface area contributed by atoms with Gasteiger partial charge in [0.2, 0.25) is 0 Å². The predicted octanol–water partition coefficient (Wildman–Crippen LogP) is 9.32. The number of rotatable bonds is 6. The number of aryl methyl sites for hydroxylation is 2. The molecule has 8 rings (SSSR count). The molecule has 0 aliphatic heterocycles. The molecule has 0 radical (unpaired) electrons. The molecule has 0 bridgehead atoms. The Bertz CT molecular complexity index is 1860. The Balaban J connectivity index is 0.000000167. The first-order valence-electron chi connectivity index (χ1n) is 19.8. The van der Waals surface area contributed by atoms with Crippen LogP contribution in [0.25, 0.3) is 0 Å². The molecule has 0 heterocycles. The summed E-state index contributed by atoms with van der Waals surface area (Å²) in [5.74, 6) is 0.994. The minimum atomic E-state index is -0.283. The minimum Gasteiger partial charge on any atom is -0.465 e. The Hall–Kier alpha value is -4.84. The van der Waals surface area contributed by atoms with E-state index in [1.807, 2.05) is 36.4 Å². The van der Waals surface area contributed by atoms with Crippen molar-refractivity contribution < 1.29 is 28.7 Å². The zero-order valence-electron chi connectivity index (χ0n) is 31.7. The van der Waals surface area contributed by atoms with Crippen LogP contribution in [0, 0.1) is 11.8 Å². The van der Waals surface area contributed by atoms with Gasteiger partial charge in [0.1, 0.15) is 11.6 Å². The van der Waals surface area contributed by atoms with Gasteiger partial charge in [-0.25, -0.2) is 9.59 Å². The Kier molecular flexibility index (Phi) is 11.3. The molecule has 6 nitrogen and oxygen atoms in total. The Morgan fingerprint density at radius 1 is 0.574 bits per heavy atom. The summed E-state index contributed by atoms with van der Waals surface area (Å²) < 4.78 is 9.83. The lowest BCUT2D eigenvalue weighted by molar-refractivity contribution is -0.124. The number of carbonyl (C=O) groups is 4. The summed E-state index contributed by atoms with van der Waals surface area (Å²) in [7, 11) is 2.85. The topological polar surface area (TPSA) is 86.7 Å². The van der Waals surface area contributed by atoms with Crippen LogP contribution < -0.4 is 0 Å². The summed E-state index contributed by atoms with van der Waals surface area (Å²) >= 11 is 0. The van der Waals surface area contributed by atoms with Crippen molar-refractivity contribution in [3.63, 3.8) is 0 Å². The molecular weight excluding hydrogens is 673 g/mol. The zero-order valence-corrected chi connectivity index (χ0v) is 31.7. The van der Waals surface area contributed by atoms with Crippen molar-refractivity contribution in [3.8, 4) is 0 Å². The number of benzene rings is 4. The molecule has 6 heteroatoms. The summed E-state index contributed by atoms with van der Waals surface area (Å²) in [5, 5.41) is 0. The average molecular weight is 725 g/mol. The van der Waals surface area contributed by atoms with Gasteiger partial charge in [0, 0.05) is 36.5 Å². The fraction of sp³-hybridized carbons (Fsp3) is 0.417. The van der Waals surface area contributed by atoms with Crippen LogP contribution in [0.1, 0.15) is 118 Å². The maximum Gasteiger partial charge on any atom is 0.337 e. The van der Waals surface area contributed by atoms with Crippen molar-refractivity contribution in [2.75, 3.05) is 14.2 Å². The van der Waals surface area contributed by atoms with E-state index < -0.39 is 0 Å². The Morgan fingerprint density at radius 3 is 1.37 bits per heavy atom. The van der Waals surface area contributed by atoms with Gasteiger partial charge in [-0.3, -0.25) is 9.59 Å². The highest BCUT2D eigenvalue weighted by Crippen LogP contribution is 2.52. The quantitative estimate of drug-likeness (QED) is 0.184. The molecule has 4 aliphatic carbocycles. The molecule has 280 valence electrons. The van der Waals surface area contributed by atoms with Crippen LogP contribution >= 0.6 is 0 Å². The van der Waals surface area contributed by atoms with Gasteiger partial charge in [0.15, 0.2) is 0 Å². The van der Waals surface area contributed by atoms with Gasteiger partial charge < -0.3 is 9.47 Å². The average Bonchev–Trinajstić information content (AvgIpc) is 3.45. The van der Waals surface area contributed by atoms with Gasteiger partial charge in [-0.2, -0.15) is 0 Å². The Morgan fingerprint density at radius 2 is 0.981 bits per heavy atom. The number of esters is 2. The van der Waals surface area contributed by atoms with E-state index in [9.17, 15) is 19.2 Å². The fourth-order valence-corrected chi connectivity index (χ4v) is 10.5. The van der Waals surface area contributed by atoms with Gasteiger partial charge in [-0.1, -0.05) is 72.8 Å². The summed E-state index contributed by atoms with van der Waals surface area (Å²) in [6, 6.07) is 33.3. The number of fused-ring (bicyclic) bond motifs is 6. The number of ketones is 2. The normalized spacial score (nSPS) is 24.5. The highest BCUT2D eigenvalue weighted by atomic mass is 16.5. The lowest BCUT2D eigenvalue weighted by atomic mass is 9.59. The lowest BCUT2D eigenvalue weighted by Gasteiger charge is -2.44. The summed E-state index contributed by atoms with van der Waals surface area (Å²) in [4.78, 5) is 48.5. The number of carbonyl (C=O) groups excluding carboxylic acids is 4. The highest BCUT2D eigenvalue weighted by molar-refractivity contribution is 5.90. The van der Waals surface area contributed by atoms with Crippen LogP contribution in [0.15, 0.2) is 97.1 Å². The maximum absolute atomic E-state index is 12.3. The number of hydrogen-bond acceptors (Lipinski definition) is 6. The monoisotopic (exact) mass is 724 g/mol. The van der Waals surface area contributed by atoms with Gasteiger partial charge in [0.25, 0.3) is 0 Å². The molecular formula is C48H52O6. The first kappa shape index (κ1) is 37.5. The minimum absolute atomic E-state index is 0.0181. The van der Waals surface area contributed by atoms with Gasteiger partial charge in [0.05, 0.1) is 25.3 Å². The van der Waals surface area contributed by atoms with E-state index in [1.165, 1.54) is 47.6 Å². The van der Waals surface area contributed by atoms with E-state index in [2.05, 4.69) is 60.7 Å². The molecule has 4 aromatic carbocycles. The smallest absolute Gasteiger partial charge is 0.337 e. The fourth-order valence-electron chi connectivity index (χ4n) is 10.5. The first-order chi connectivity index (χ1) is 26.2. The molecule has 0 saturated heterocycles. The summed E-state index contributed by atoms with van der Waals surface area (Å²) in [6.45, 7) is 0. The second-order valence-electron chi connectivity index (χ2n) is 16.0. The molecule has 2 saturated carbocycles. The molecule has 4 aliphatic rings. The van der Waals surface area contributed by atoms with Crippen LogP contribution in [0.5, 0.6) is 0 Å². The number of Topliss-reactive ketones (excluding diaryl/α,β-unsaturated/α-hetero) is 2. The standard InChI is InChI=1S/2C24H26O3/c2*1-27-23(26)19-10-11-22-18(14-19)8-5-9-20-15-21(25)12-13-24(20,22)16-17-6-3-2-4-7-17/h2*2-4,6-7,10-11,14,20H,5,8-9,12-13,15-16H2,1H3/t2*20-,24-/m10/s1. The van der Waals surface area contributed by atoms with Gasteiger partial charge in [-0.05, 0) is 134 Å². The van der Waals surface area contributed by atoms with Crippen molar-refractivity contribution in [2.45, 2.75) is 101 Å². The third kappa shape index (κ3) is 7.58. The summed E-state index contributed by atoms with van der Waals surface area (Å²) in [5.41, 5.74) is 9.04. The van der Waals surface area contributed by atoms with E-state index in [1.54, 1.807) is 0 Å². The molecule has 2 fully saturated rings. The predicted molar refractivity (Wildman–Crippen MR) is 210 cm³/mol. The molecule has 4 aromatic rings. The van der Waals surface area contributed by atoms with Crippen molar-refractivity contribution in [3.05, 3.63) is 142 Å². The van der Waals surface area contributed by atoms with Crippen LogP contribution in [-0.2, 0) is 55.6 Å². The van der Waals surface area contributed by atoms with Crippen LogP contribution in [0.2, 0.25) is 0 Å². The number of ether oxygens (including phenoxy) is 2. The van der Waals surface area contributed by atoms with E-state index in [4.69, 9.17) is 9.47 Å².